The Hall–Kier alpha value is -1.58. The highest BCUT2D eigenvalue weighted by Crippen LogP contribution is 2.20. The topological polar surface area (TPSA) is 60.9 Å². The fraction of sp³-hybridized carbons (Fsp3) is 0.611. The van der Waals surface area contributed by atoms with E-state index in [-0.39, 0.29) is 23.9 Å². The van der Waals surface area contributed by atoms with Crippen LogP contribution >= 0.6 is 0 Å². The fourth-order valence-corrected chi connectivity index (χ4v) is 5.12. The van der Waals surface area contributed by atoms with Gasteiger partial charge in [-0.2, -0.15) is 4.31 Å². The van der Waals surface area contributed by atoms with Gasteiger partial charge < -0.3 is 4.90 Å². The molecule has 0 radical (unpaired) electrons. The number of hydrogen-bond acceptors (Lipinski definition) is 4. The molecule has 2 saturated heterocycles. The van der Waals surface area contributed by atoms with Crippen molar-refractivity contribution in [2.24, 2.45) is 5.92 Å². The van der Waals surface area contributed by atoms with Gasteiger partial charge >= 0.3 is 0 Å². The van der Waals surface area contributed by atoms with E-state index in [1.807, 2.05) is 0 Å². The number of amides is 1. The number of likely N-dealkylation sites (tertiary alicyclic amines) is 1. The van der Waals surface area contributed by atoms with Crippen LogP contribution in [-0.4, -0.2) is 74.2 Å². The minimum Gasteiger partial charge on any atom is -0.339 e. The van der Waals surface area contributed by atoms with Crippen LogP contribution in [0.4, 0.5) is 8.78 Å². The van der Waals surface area contributed by atoms with Gasteiger partial charge in [0.1, 0.15) is 0 Å². The Morgan fingerprint density at radius 2 is 1.81 bits per heavy atom. The highest BCUT2D eigenvalue weighted by atomic mass is 32.2. The first kappa shape index (κ1) is 20.2. The summed E-state index contributed by atoms with van der Waals surface area (Å²) < 4.78 is 52.9. The molecule has 2 fully saturated rings. The SMILES string of the molecule is C[C@@H]1CCCN(CC(=O)N2CCN(S(=O)(=O)c3ccc(F)c(F)c3)CC2)C1. The molecule has 0 saturated carbocycles. The Morgan fingerprint density at radius 1 is 1.11 bits per heavy atom. The quantitative estimate of drug-likeness (QED) is 0.768. The van der Waals surface area contributed by atoms with E-state index in [2.05, 4.69) is 11.8 Å². The summed E-state index contributed by atoms with van der Waals surface area (Å²) >= 11 is 0. The molecule has 0 bridgehead atoms. The van der Waals surface area contributed by atoms with Crippen molar-refractivity contribution >= 4 is 15.9 Å². The first-order chi connectivity index (χ1) is 12.8. The molecule has 150 valence electrons. The Labute approximate surface area is 158 Å². The molecule has 2 aliphatic rings. The summed E-state index contributed by atoms with van der Waals surface area (Å²) in [4.78, 5) is 16.1. The predicted molar refractivity (Wildman–Crippen MR) is 96.5 cm³/mol. The van der Waals surface area contributed by atoms with Gasteiger partial charge in [-0.25, -0.2) is 17.2 Å². The molecular weight excluding hydrogens is 376 g/mol. The molecule has 1 aromatic rings. The molecule has 1 atom stereocenters. The first-order valence-electron chi connectivity index (χ1n) is 9.22. The van der Waals surface area contributed by atoms with Crippen molar-refractivity contribution in [3.05, 3.63) is 29.8 Å². The van der Waals surface area contributed by atoms with Crippen LogP contribution in [0.2, 0.25) is 0 Å². The number of rotatable bonds is 4. The summed E-state index contributed by atoms with van der Waals surface area (Å²) in [5.74, 6) is -1.68. The summed E-state index contributed by atoms with van der Waals surface area (Å²) in [7, 11) is -3.91. The third kappa shape index (κ3) is 4.64. The summed E-state index contributed by atoms with van der Waals surface area (Å²) in [6, 6.07) is 2.56. The van der Waals surface area contributed by atoms with Crippen LogP contribution in [0.25, 0.3) is 0 Å². The second-order valence-corrected chi connectivity index (χ2v) is 9.28. The molecular formula is C18H25F2N3O3S. The van der Waals surface area contributed by atoms with Gasteiger partial charge in [-0.1, -0.05) is 6.92 Å². The number of piperidine rings is 1. The van der Waals surface area contributed by atoms with E-state index >= 15 is 0 Å². The van der Waals surface area contributed by atoms with E-state index in [0.717, 1.165) is 31.6 Å². The van der Waals surface area contributed by atoms with Crippen molar-refractivity contribution in [2.45, 2.75) is 24.7 Å². The number of hydrogen-bond donors (Lipinski definition) is 0. The maximum absolute atomic E-state index is 13.4. The summed E-state index contributed by atoms with van der Waals surface area (Å²) in [5.41, 5.74) is 0. The summed E-state index contributed by atoms with van der Waals surface area (Å²) in [6.07, 6.45) is 2.28. The van der Waals surface area contributed by atoms with E-state index in [1.165, 1.54) is 10.7 Å². The Bertz CT molecular complexity index is 795. The Balaban J connectivity index is 1.57. The van der Waals surface area contributed by atoms with Crippen molar-refractivity contribution in [1.29, 1.82) is 0 Å². The first-order valence-corrected chi connectivity index (χ1v) is 10.7. The third-order valence-corrected chi connectivity index (χ3v) is 7.11. The van der Waals surface area contributed by atoms with Crippen LogP contribution in [0.5, 0.6) is 0 Å². The molecule has 0 spiro atoms. The number of carbonyl (C=O) groups excluding carboxylic acids is 1. The number of piperazine rings is 1. The normalized spacial score (nSPS) is 22.8. The number of carbonyl (C=O) groups is 1. The van der Waals surface area contributed by atoms with E-state index in [9.17, 15) is 22.0 Å². The van der Waals surface area contributed by atoms with Crippen molar-refractivity contribution in [2.75, 3.05) is 45.8 Å². The monoisotopic (exact) mass is 401 g/mol. The van der Waals surface area contributed by atoms with Crippen LogP contribution < -0.4 is 0 Å². The maximum Gasteiger partial charge on any atom is 0.243 e. The molecule has 1 amide bonds. The van der Waals surface area contributed by atoms with Gasteiger partial charge in [0.2, 0.25) is 15.9 Å². The van der Waals surface area contributed by atoms with Gasteiger partial charge in [-0.15, -0.1) is 0 Å². The fourth-order valence-electron chi connectivity index (χ4n) is 3.69. The molecule has 27 heavy (non-hydrogen) atoms. The van der Waals surface area contributed by atoms with Crippen molar-refractivity contribution < 1.29 is 22.0 Å². The molecule has 1 aromatic carbocycles. The van der Waals surface area contributed by atoms with Crippen molar-refractivity contribution in [3.8, 4) is 0 Å². The van der Waals surface area contributed by atoms with Crippen LogP contribution in [0.15, 0.2) is 23.1 Å². The van der Waals surface area contributed by atoms with Crippen LogP contribution in [0, 0.1) is 17.6 Å². The molecule has 9 heteroatoms. The summed E-state index contributed by atoms with van der Waals surface area (Å²) in [6.45, 7) is 5.25. The molecule has 0 unspecified atom stereocenters. The molecule has 6 nitrogen and oxygen atoms in total. The number of sulfonamides is 1. The largest absolute Gasteiger partial charge is 0.339 e. The Morgan fingerprint density at radius 3 is 2.44 bits per heavy atom. The molecule has 2 heterocycles. The lowest BCUT2D eigenvalue weighted by Gasteiger charge is -2.36. The van der Waals surface area contributed by atoms with Crippen molar-refractivity contribution in [1.82, 2.24) is 14.1 Å². The van der Waals surface area contributed by atoms with Crippen LogP contribution in [0.1, 0.15) is 19.8 Å². The molecule has 3 rings (SSSR count). The lowest BCUT2D eigenvalue weighted by atomic mass is 10.0. The lowest BCUT2D eigenvalue weighted by Crippen LogP contribution is -2.53. The van der Waals surface area contributed by atoms with Crippen molar-refractivity contribution in [3.63, 3.8) is 0 Å². The van der Waals surface area contributed by atoms with Crippen LogP contribution in [0.3, 0.4) is 0 Å². The zero-order valence-electron chi connectivity index (χ0n) is 15.4. The smallest absolute Gasteiger partial charge is 0.243 e. The highest BCUT2D eigenvalue weighted by Gasteiger charge is 2.31. The molecule has 0 aromatic heterocycles. The third-order valence-electron chi connectivity index (χ3n) is 5.22. The highest BCUT2D eigenvalue weighted by molar-refractivity contribution is 7.89. The van der Waals surface area contributed by atoms with E-state index in [4.69, 9.17) is 0 Å². The molecule has 0 N–H and O–H groups in total. The predicted octanol–water partition coefficient (Wildman–Crippen LogP) is 1.53. The molecule has 2 aliphatic heterocycles. The second kappa shape index (κ2) is 8.20. The van der Waals surface area contributed by atoms with Crippen LogP contribution in [-0.2, 0) is 14.8 Å². The van der Waals surface area contributed by atoms with Gasteiger partial charge in [0, 0.05) is 32.7 Å². The van der Waals surface area contributed by atoms with E-state index in [0.29, 0.717) is 31.6 Å². The van der Waals surface area contributed by atoms with E-state index in [1.54, 1.807) is 4.90 Å². The zero-order chi connectivity index (χ0) is 19.6. The van der Waals surface area contributed by atoms with E-state index < -0.39 is 21.7 Å². The van der Waals surface area contributed by atoms with Gasteiger partial charge in [0.25, 0.3) is 0 Å². The number of nitrogens with zero attached hydrogens (tertiary/aromatic N) is 3. The number of halogens is 2. The zero-order valence-corrected chi connectivity index (χ0v) is 16.2. The minimum absolute atomic E-state index is 0.00831. The number of benzene rings is 1. The lowest BCUT2D eigenvalue weighted by molar-refractivity contribution is -0.134. The van der Waals surface area contributed by atoms with Gasteiger partial charge in [0.05, 0.1) is 11.4 Å². The second-order valence-electron chi connectivity index (χ2n) is 7.34. The van der Waals surface area contributed by atoms with Gasteiger partial charge in [-0.05, 0) is 43.5 Å². The standard InChI is InChI=1S/C18H25F2N3O3S/c1-14-3-2-6-21(12-14)13-18(24)22-7-9-23(10-8-22)27(25,26)15-4-5-16(19)17(20)11-15/h4-5,11,14H,2-3,6-10,12-13H2,1H3/t14-/m1/s1. The Kier molecular flexibility index (Phi) is 6.12. The molecule has 0 aliphatic carbocycles. The van der Waals surface area contributed by atoms with Gasteiger partial charge in [-0.3, -0.25) is 9.69 Å². The average Bonchev–Trinajstić information content (AvgIpc) is 2.64. The van der Waals surface area contributed by atoms with Gasteiger partial charge in [0.15, 0.2) is 11.6 Å². The average molecular weight is 401 g/mol. The summed E-state index contributed by atoms with van der Waals surface area (Å²) in [5, 5.41) is 0. The maximum atomic E-state index is 13.4. The minimum atomic E-state index is -3.91.